The van der Waals surface area contributed by atoms with Crippen LogP contribution in [0.4, 0.5) is 0 Å². The average Bonchev–Trinajstić information content (AvgIpc) is 2.41. The monoisotopic (exact) mass is 250 g/mol. The van der Waals surface area contributed by atoms with E-state index in [1.807, 2.05) is 6.07 Å². The lowest BCUT2D eigenvalue weighted by molar-refractivity contribution is -0.162. The zero-order valence-corrected chi connectivity index (χ0v) is 10.5. The summed E-state index contributed by atoms with van der Waals surface area (Å²) in [4.78, 5) is 22.2. The van der Waals surface area contributed by atoms with Crippen LogP contribution in [-0.2, 0) is 19.1 Å². The molecule has 0 aromatic heterocycles. The Hall–Kier alpha value is -1.84. The summed E-state index contributed by atoms with van der Waals surface area (Å²) in [6.07, 6.45) is 1.93. The predicted molar refractivity (Wildman–Crippen MR) is 66.8 cm³/mol. The number of hydrogen-bond donors (Lipinski definition) is 0. The fourth-order valence-electron chi connectivity index (χ4n) is 1.55. The highest BCUT2D eigenvalue weighted by Crippen LogP contribution is 2.18. The van der Waals surface area contributed by atoms with Crippen molar-refractivity contribution in [1.82, 2.24) is 0 Å². The van der Waals surface area contributed by atoms with Crippen LogP contribution < -0.4 is 0 Å². The summed E-state index contributed by atoms with van der Waals surface area (Å²) in [6.45, 7) is 2.70. The standard InChI is InChI=1S/C14H18O4/c1-2-3-7-10-17-14(16)13(18-11-15)12-8-5-4-6-9-12/h4-6,8-9,11,13H,2-3,7,10H2,1H3. The van der Waals surface area contributed by atoms with Crippen LogP contribution in [0.25, 0.3) is 0 Å². The number of hydrogen-bond acceptors (Lipinski definition) is 4. The van der Waals surface area contributed by atoms with Crippen LogP contribution in [0.2, 0.25) is 0 Å². The Labute approximate surface area is 107 Å². The molecule has 0 saturated heterocycles. The SMILES string of the molecule is CCCCCOC(=O)C(OC=O)c1ccccc1. The molecule has 0 fully saturated rings. The molecular weight excluding hydrogens is 232 g/mol. The van der Waals surface area contributed by atoms with Gasteiger partial charge in [0.15, 0.2) is 0 Å². The van der Waals surface area contributed by atoms with Crippen LogP contribution >= 0.6 is 0 Å². The number of rotatable bonds is 8. The van der Waals surface area contributed by atoms with E-state index < -0.39 is 12.1 Å². The van der Waals surface area contributed by atoms with Gasteiger partial charge in [-0.15, -0.1) is 0 Å². The van der Waals surface area contributed by atoms with Crippen molar-refractivity contribution in [2.24, 2.45) is 0 Å². The Kier molecular flexibility index (Phi) is 6.54. The van der Waals surface area contributed by atoms with Crippen LogP contribution in [0.1, 0.15) is 37.9 Å². The lowest BCUT2D eigenvalue weighted by Gasteiger charge is -2.14. The molecule has 4 nitrogen and oxygen atoms in total. The van der Waals surface area contributed by atoms with Gasteiger partial charge in [-0.1, -0.05) is 50.1 Å². The Balaban J connectivity index is 2.56. The Bertz CT molecular complexity index is 361. The molecule has 1 atom stereocenters. The van der Waals surface area contributed by atoms with E-state index >= 15 is 0 Å². The molecule has 0 saturated carbocycles. The fourth-order valence-corrected chi connectivity index (χ4v) is 1.55. The molecule has 4 heteroatoms. The summed E-state index contributed by atoms with van der Waals surface area (Å²) in [5.41, 5.74) is 0.616. The van der Waals surface area contributed by atoms with Crippen LogP contribution in [0.5, 0.6) is 0 Å². The number of benzene rings is 1. The third kappa shape index (κ3) is 4.57. The highest BCUT2D eigenvalue weighted by atomic mass is 16.6. The fraction of sp³-hybridized carbons (Fsp3) is 0.429. The summed E-state index contributed by atoms with van der Waals surface area (Å²) in [7, 11) is 0. The van der Waals surface area contributed by atoms with E-state index in [1.165, 1.54) is 0 Å². The summed E-state index contributed by atoms with van der Waals surface area (Å²) in [6, 6.07) is 8.83. The second kappa shape index (κ2) is 8.28. The van der Waals surface area contributed by atoms with Gasteiger partial charge in [0, 0.05) is 5.56 Å². The lowest BCUT2D eigenvalue weighted by atomic mass is 10.1. The van der Waals surface area contributed by atoms with E-state index in [-0.39, 0.29) is 6.47 Å². The topological polar surface area (TPSA) is 52.6 Å². The first-order valence-electron chi connectivity index (χ1n) is 6.10. The van der Waals surface area contributed by atoms with Gasteiger partial charge in [0.05, 0.1) is 6.61 Å². The molecule has 0 bridgehead atoms. The van der Waals surface area contributed by atoms with E-state index in [0.29, 0.717) is 12.2 Å². The number of ether oxygens (including phenoxy) is 2. The van der Waals surface area contributed by atoms with E-state index in [9.17, 15) is 9.59 Å². The van der Waals surface area contributed by atoms with Gasteiger partial charge in [-0.2, -0.15) is 0 Å². The molecular formula is C14H18O4. The molecule has 0 aliphatic rings. The zero-order valence-electron chi connectivity index (χ0n) is 10.5. The summed E-state index contributed by atoms with van der Waals surface area (Å²) < 4.78 is 9.88. The first kappa shape index (κ1) is 14.2. The van der Waals surface area contributed by atoms with Crippen molar-refractivity contribution in [3.05, 3.63) is 35.9 Å². The molecule has 1 rings (SSSR count). The van der Waals surface area contributed by atoms with Crippen molar-refractivity contribution in [3.8, 4) is 0 Å². The largest absolute Gasteiger partial charge is 0.463 e. The smallest absolute Gasteiger partial charge is 0.352 e. The summed E-state index contributed by atoms with van der Waals surface area (Å²) in [5.74, 6) is -0.524. The van der Waals surface area contributed by atoms with Crippen LogP contribution in [-0.4, -0.2) is 19.0 Å². The van der Waals surface area contributed by atoms with Gasteiger partial charge in [0.1, 0.15) is 0 Å². The molecule has 0 heterocycles. The maximum Gasteiger partial charge on any atom is 0.352 e. The number of carbonyl (C=O) groups is 2. The zero-order chi connectivity index (χ0) is 13.2. The quantitative estimate of drug-likeness (QED) is 0.404. The minimum absolute atomic E-state index is 0.269. The molecule has 98 valence electrons. The normalized spacial score (nSPS) is 11.6. The van der Waals surface area contributed by atoms with Crippen LogP contribution in [0.15, 0.2) is 30.3 Å². The molecule has 0 N–H and O–H groups in total. The molecule has 1 aromatic rings. The average molecular weight is 250 g/mol. The second-order valence-electron chi connectivity index (χ2n) is 3.90. The summed E-state index contributed by atoms with van der Waals surface area (Å²) in [5, 5.41) is 0. The van der Waals surface area contributed by atoms with Gasteiger partial charge >= 0.3 is 5.97 Å². The first-order valence-corrected chi connectivity index (χ1v) is 6.10. The van der Waals surface area contributed by atoms with Crippen molar-refractivity contribution in [3.63, 3.8) is 0 Å². The van der Waals surface area contributed by atoms with Gasteiger partial charge < -0.3 is 9.47 Å². The van der Waals surface area contributed by atoms with E-state index in [0.717, 1.165) is 19.3 Å². The molecule has 0 aliphatic carbocycles. The highest BCUT2D eigenvalue weighted by molar-refractivity contribution is 5.77. The van der Waals surface area contributed by atoms with Crippen molar-refractivity contribution >= 4 is 12.4 Å². The van der Waals surface area contributed by atoms with Gasteiger partial charge in [-0.3, -0.25) is 4.79 Å². The summed E-state index contributed by atoms with van der Waals surface area (Å²) >= 11 is 0. The van der Waals surface area contributed by atoms with Crippen LogP contribution in [0.3, 0.4) is 0 Å². The highest BCUT2D eigenvalue weighted by Gasteiger charge is 2.23. The lowest BCUT2D eigenvalue weighted by Crippen LogP contribution is -2.19. The minimum Gasteiger partial charge on any atom is -0.463 e. The molecule has 1 unspecified atom stereocenters. The second-order valence-corrected chi connectivity index (χ2v) is 3.90. The molecule has 0 aliphatic heterocycles. The molecule has 1 aromatic carbocycles. The Morgan fingerprint density at radius 3 is 2.61 bits per heavy atom. The Morgan fingerprint density at radius 2 is 2.00 bits per heavy atom. The van der Waals surface area contributed by atoms with Gasteiger partial charge in [-0.05, 0) is 6.42 Å². The third-order valence-corrected chi connectivity index (χ3v) is 2.50. The van der Waals surface area contributed by atoms with Crippen molar-refractivity contribution < 1.29 is 19.1 Å². The number of esters is 1. The molecule has 0 amide bonds. The first-order chi connectivity index (χ1) is 8.79. The number of unbranched alkanes of at least 4 members (excludes halogenated alkanes) is 2. The van der Waals surface area contributed by atoms with Gasteiger partial charge in [0.25, 0.3) is 6.47 Å². The predicted octanol–water partition coefficient (Wildman–Crippen LogP) is 2.63. The van der Waals surface area contributed by atoms with E-state index in [2.05, 4.69) is 6.92 Å². The molecule has 0 radical (unpaired) electrons. The van der Waals surface area contributed by atoms with Crippen molar-refractivity contribution in [2.75, 3.05) is 6.61 Å². The maximum atomic E-state index is 11.8. The van der Waals surface area contributed by atoms with Crippen LogP contribution in [0, 0.1) is 0 Å². The third-order valence-electron chi connectivity index (χ3n) is 2.50. The minimum atomic E-state index is -0.967. The van der Waals surface area contributed by atoms with Crippen molar-refractivity contribution in [1.29, 1.82) is 0 Å². The molecule has 0 spiro atoms. The number of carbonyl (C=O) groups excluding carboxylic acids is 2. The van der Waals surface area contributed by atoms with Gasteiger partial charge in [-0.25, -0.2) is 4.79 Å². The van der Waals surface area contributed by atoms with Crippen molar-refractivity contribution in [2.45, 2.75) is 32.3 Å². The van der Waals surface area contributed by atoms with E-state index in [4.69, 9.17) is 9.47 Å². The Morgan fingerprint density at radius 1 is 1.28 bits per heavy atom. The molecule has 18 heavy (non-hydrogen) atoms. The maximum absolute atomic E-state index is 11.8. The van der Waals surface area contributed by atoms with E-state index in [1.54, 1.807) is 24.3 Å². The van der Waals surface area contributed by atoms with Gasteiger partial charge in [0.2, 0.25) is 6.10 Å².